The van der Waals surface area contributed by atoms with E-state index in [1.54, 1.807) is 15.5 Å². The summed E-state index contributed by atoms with van der Waals surface area (Å²) in [5, 5.41) is 15.0. The third-order valence-electron chi connectivity index (χ3n) is 8.83. The van der Waals surface area contributed by atoms with Crippen molar-refractivity contribution in [2.75, 3.05) is 52.6 Å². The molecule has 2 aromatic rings. The number of piperidine rings is 1. The van der Waals surface area contributed by atoms with Gasteiger partial charge in [0.15, 0.2) is 0 Å². The van der Waals surface area contributed by atoms with Crippen molar-refractivity contribution < 1.29 is 23.1 Å². The lowest BCUT2D eigenvalue weighted by molar-refractivity contribution is -0.130. The molecule has 2 aliphatic rings. The van der Waals surface area contributed by atoms with Crippen LogP contribution < -0.4 is 15.6 Å². The van der Waals surface area contributed by atoms with Crippen LogP contribution in [0.4, 0.5) is 0 Å². The van der Waals surface area contributed by atoms with E-state index in [9.17, 15) is 27.9 Å². The first kappa shape index (κ1) is 34.0. The number of pyridine rings is 1. The summed E-state index contributed by atoms with van der Waals surface area (Å²) in [6.45, 7) is 7.79. The number of nitrogens with one attached hydrogen (secondary N) is 2. The van der Waals surface area contributed by atoms with Crippen molar-refractivity contribution in [3.8, 4) is 0 Å². The highest BCUT2D eigenvalue weighted by Gasteiger charge is 2.42. The highest BCUT2D eigenvalue weighted by Crippen LogP contribution is 2.36. The Labute approximate surface area is 260 Å². The lowest BCUT2D eigenvalue weighted by atomic mass is 9.96. The normalized spacial score (nSPS) is 21.2. The van der Waals surface area contributed by atoms with Gasteiger partial charge in [0.05, 0.1) is 17.9 Å². The number of carbonyl (C=O) groups excluding carboxylic acids is 2. The molecule has 0 radical (unpaired) electrons. The Morgan fingerprint density at radius 1 is 1.09 bits per heavy atom. The number of hydrogen-bond donors (Lipinski definition) is 3. The largest absolute Gasteiger partial charge is 0.390 e. The molecule has 3 heterocycles. The first-order chi connectivity index (χ1) is 20.7. The van der Waals surface area contributed by atoms with Crippen LogP contribution in [-0.2, 0) is 14.8 Å². The molecule has 3 N–H and O–H groups in total. The van der Waals surface area contributed by atoms with Crippen LogP contribution in [0.5, 0.6) is 0 Å². The molecular formula is C31H48N6O6S. The van der Waals surface area contributed by atoms with Crippen molar-refractivity contribution >= 4 is 32.7 Å². The summed E-state index contributed by atoms with van der Waals surface area (Å²) in [4.78, 5) is 44.9. The minimum absolute atomic E-state index is 0.0618. The highest BCUT2D eigenvalue weighted by molar-refractivity contribution is 7.88. The Kier molecular flexibility index (Phi) is 11.2. The summed E-state index contributed by atoms with van der Waals surface area (Å²) in [5.41, 5.74) is 0.682. The number of rotatable bonds is 14. The van der Waals surface area contributed by atoms with Crippen LogP contribution >= 0.6 is 0 Å². The van der Waals surface area contributed by atoms with Crippen LogP contribution in [0.1, 0.15) is 62.9 Å². The highest BCUT2D eigenvalue weighted by atomic mass is 32.2. The van der Waals surface area contributed by atoms with E-state index in [1.165, 1.54) is 6.92 Å². The van der Waals surface area contributed by atoms with Crippen molar-refractivity contribution in [3.63, 3.8) is 0 Å². The van der Waals surface area contributed by atoms with Gasteiger partial charge in [0.2, 0.25) is 15.9 Å². The molecule has 4 rings (SSSR count). The van der Waals surface area contributed by atoms with E-state index >= 15 is 0 Å². The van der Waals surface area contributed by atoms with Gasteiger partial charge >= 0.3 is 0 Å². The molecule has 1 aromatic carbocycles. The zero-order chi connectivity index (χ0) is 32.2. The van der Waals surface area contributed by atoms with Gasteiger partial charge in [0, 0.05) is 70.4 Å². The zero-order valence-electron chi connectivity index (χ0n) is 26.5. The number of aliphatic hydroxyl groups is 1. The Hall–Kier alpha value is -2.84. The Morgan fingerprint density at radius 2 is 1.75 bits per heavy atom. The van der Waals surface area contributed by atoms with Gasteiger partial charge in [0.1, 0.15) is 5.56 Å². The number of nitrogens with zero attached hydrogens (tertiary/aromatic N) is 4. The SMILES string of the molecule is CC(=O)N(CCN(C)CCNS(C)(=O)=O)CC(O)CN1[C@H]2CC[C@H]1CC(NC(=O)c1cc3ccccc3n(C(C)C)c1=O)C2. The number of hydrogen-bond acceptors (Lipinski definition) is 8. The summed E-state index contributed by atoms with van der Waals surface area (Å²) >= 11 is 0. The maximum atomic E-state index is 13.4. The topological polar surface area (TPSA) is 144 Å². The fourth-order valence-corrected chi connectivity index (χ4v) is 7.13. The Morgan fingerprint density at radius 3 is 2.36 bits per heavy atom. The number of aliphatic hydroxyl groups excluding tert-OH is 1. The molecule has 2 amide bonds. The number of benzene rings is 1. The van der Waals surface area contributed by atoms with Crippen LogP contribution in [0, 0.1) is 0 Å². The minimum atomic E-state index is -3.25. The summed E-state index contributed by atoms with van der Waals surface area (Å²) in [6, 6.07) is 9.56. The number of aromatic nitrogens is 1. The second kappa shape index (κ2) is 14.5. The molecule has 2 saturated heterocycles. The van der Waals surface area contributed by atoms with E-state index in [2.05, 4.69) is 14.9 Å². The quantitative estimate of drug-likeness (QED) is 0.280. The fraction of sp³-hybridized carbons (Fsp3) is 0.645. The van der Waals surface area contributed by atoms with E-state index in [0.717, 1.165) is 42.8 Å². The molecule has 12 nitrogen and oxygen atoms in total. The van der Waals surface area contributed by atoms with Crippen molar-refractivity contribution in [2.45, 2.75) is 76.7 Å². The van der Waals surface area contributed by atoms with Crippen LogP contribution in [-0.4, -0.2) is 121 Å². The lowest BCUT2D eigenvalue weighted by Crippen LogP contribution is -2.54. The third kappa shape index (κ3) is 8.66. The second-order valence-electron chi connectivity index (χ2n) is 12.7. The Bertz CT molecular complexity index is 1480. The van der Waals surface area contributed by atoms with Crippen LogP contribution in [0.3, 0.4) is 0 Å². The number of para-hydroxylation sites is 1. The van der Waals surface area contributed by atoms with Gasteiger partial charge < -0.3 is 24.8 Å². The van der Waals surface area contributed by atoms with Crippen LogP contribution in [0.15, 0.2) is 35.1 Å². The summed E-state index contributed by atoms with van der Waals surface area (Å²) in [5.74, 6) is -0.469. The molecule has 0 spiro atoms. The summed E-state index contributed by atoms with van der Waals surface area (Å²) in [7, 11) is -1.39. The van der Waals surface area contributed by atoms with E-state index in [4.69, 9.17) is 0 Å². The third-order valence-corrected chi connectivity index (χ3v) is 9.56. The molecule has 2 aliphatic heterocycles. The van der Waals surface area contributed by atoms with E-state index in [-0.39, 0.29) is 60.2 Å². The molecule has 1 aromatic heterocycles. The predicted octanol–water partition coefficient (Wildman–Crippen LogP) is 0.998. The standard InChI is InChI=1S/C31H48N6O6S/c1-21(2)37-29-9-7-6-8-23(29)16-28(31(37)41)30(40)33-24-17-25-10-11-26(18-24)36(25)20-27(39)19-35(22(3)38)15-14-34(4)13-12-32-44(5,42)43/h6-9,16,21,24-27,32,39H,10-15,17-20H2,1-5H3,(H,33,40)/t25-,26-,27?/m0/s1. The van der Waals surface area contributed by atoms with E-state index in [0.29, 0.717) is 26.2 Å². The molecule has 13 heteroatoms. The maximum Gasteiger partial charge on any atom is 0.264 e. The fourth-order valence-electron chi connectivity index (χ4n) is 6.67. The zero-order valence-corrected chi connectivity index (χ0v) is 27.3. The first-order valence-electron chi connectivity index (χ1n) is 15.5. The molecule has 1 unspecified atom stereocenters. The average Bonchev–Trinajstić information content (AvgIpc) is 3.15. The predicted molar refractivity (Wildman–Crippen MR) is 171 cm³/mol. The van der Waals surface area contributed by atoms with Crippen molar-refractivity contribution in [1.29, 1.82) is 0 Å². The smallest absolute Gasteiger partial charge is 0.264 e. The molecule has 3 atom stereocenters. The van der Waals surface area contributed by atoms with Crippen LogP contribution in [0.2, 0.25) is 0 Å². The van der Waals surface area contributed by atoms with Gasteiger partial charge in [-0.1, -0.05) is 18.2 Å². The minimum Gasteiger partial charge on any atom is -0.390 e. The average molecular weight is 633 g/mol. The van der Waals surface area contributed by atoms with Gasteiger partial charge in [0.25, 0.3) is 11.5 Å². The number of likely N-dealkylation sites (N-methyl/N-ethyl adjacent to an activating group) is 1. The van der Waals surface area contributed by atoms with Crippen molar-refractivity contribution in [1.82, 2.24) is 29.3 Å². The molecule has 2 bridgehead atoms. The lowest BCUT2D eigenvalue weighted by Gasteiger charge is -2.40. The summed E-state index contributed by atoms with van der Waals surface area (Å²) in [6.07, 6.45) is 3.82. The van der Waals surface area contributed by atoms with Gasteiger partial charge in [-0.3, -0.25) is 19.3 Å². The second-order valence-corrected chi connectivity index (χ2v) is 14.5. The number of amides is 2. The van der Waals surface area contributed by atoms with Gasteiger partial charge in [-0.05, 0) is 64.1 Å². The molecule has 2 fully saturated rings. The number of sulfonamides is 1. The number of fused-ring (bicyclic) bond motifs is 3. The van der Waals surface area contributed by atoms with Crippen LogP contribution in [0.25, 0.3) is 10.9 Å². The summed E-state index contributed by atoms with van der Waals surface area (Å²) < 4.78 is 26.7. The van der Waals surface area contributed by atoms with Gasteiger partial charge in [-0.25, -0.2) is 13.1 Å². The molecule has 244 valence electrons. The van der Waals surface area contributed by atoms with Gasteiger partial charge in [-0.2, -0.15) is 0 Å². The van der Waals surface area contributed by atoms with E-state index in [1.807, 2.05) is 50.1 Å². The monoisotopic (exact) mass is 632 g/mol. The maximum absolute atomic E-state index is 13.4. The van der Waals surface area contributed by atoms with Gasteiger partial charge in [-0.15, -0.1) is 0 Å². The van der Waals surface area contributed by atoms with Crippen molar-refractivity contribution in [3.05, 3.63) is 46.2 Å². The molecule has 44 heavy (non-hydrogen) atoms. The number of carbonyl (C=O) groups is 2. The van der Waals surface area contributed by atoms with Crippen molar-refractivity contribution in [2.24, 2.45) is 0 Å². The molecule has 0 aliphatic carbocycles. The Balaban J connectivity index is 1.31. The first-order valence-corrected chi connectivity index (χ1v) is 17.4. The molecule has 0 saturated carbocycles. The van der Waals surface area contributed by atoms with E-state index < -0.39 is 16.1 Å². The molecular weight excluding hydrogens is 584 g/mol.